The van der Waals surface area contributed by atoms with Gasteiger partial charge >= 0.3 is 0 Å². The summed E-state index contributed by atoms with van der Waals surface area (Å²) < 4.78 is 7.34. The first-order valence-electron chi connectivity index (χ1n) is 7.52. The molecule has 2 aromatic rings. The monoisotopic (exact) mass is 300 g/mol. The molecule has 1 aromatic carbocycles. The van der Waals surface area contributed by atoms with Gasteiger partial charge in [-0.25, -0.2) is 0 Å². The topological polar surface area (TPSA) is 43.3 Å². The van der Waals surface area contributed by atoms with Crippen molar-refractivity contribution in [3.63, 3.8) is 0 Å². The molecule has 0 aliphatic carbocycles. The summed E-state index contributed by atoms with van der Waals surface area (Å²) >= 11 is 0. The quantitative estimate of drug-likeness (QED) is 0.891. The van der Waals surface area contributed by atoms with Gasteiger partial charge in [0.2, 0.25) is 5.91 Å². The van der Waals surface area contributed by atoms with Crippen LogP contribution in [0.3, 0.4) is 0 Å². The van der Waals surface area contributed by atoms with Gasteiger partial charge in [0.15, 0.2) is 0 Å². The van der Waals surface area contributed by atoms with Crippen LogP contribution in [-0.4, -0.2) is 24.1 Å². The molecule has 0 spiro atoms. The smallest absolute Gasteiger partial charge is 0.224 e. The van der Waals surface area contributed by atoms with Crippen LogP contribution in [0.4, 0.5) is 0 Å². The minimum absolute atomic E-state index is 0.0403. The van der Waals surface area contributed by atoms with Crippen molar-refractivity contribution in [2.75, 3.05) is 13.7 Å². The predicted molar refractivity (Wildman–Crippen MR) is 88.3 cm³/mol. The largest absolute Gasteiger partial charge is 0.497 e. The maximum absolute atomic E-state index is 12.0. The molecule has 1 N–H and O–H groups in total. The molecule has 0 aliphatic heterocycles. The second kappa shape index (κ2) is 7.16. The lowest BCUT2D eigenvalue weighted by molar-refractivity contribution is -0.120. The van der Waals surface area contributed by atoms with Gasteiger partial charge in [0.25, 0.3) is 0 Å². The van der Waals surface area contributed by atoms with Crippen LogP contribution in [0.15, 0.2) is 30.3 Å². The van der Waals surface area contributed by atoms with Crippen molar-refractivity contribution in [3.8, 4) is 5.75 Å². The number of amides is 1. The molecule has 0 aliphatic rings. The van der Waals surface area contributed by atoms with Gasteiger partial charge < -0.3 is 14.6 Å². The van der Waals surface area contributed by atoms with E-state index in [1.165, 1.54) is 17.0 Å². The van der Waals surface area contributed by atoms with Gasteiger partial charge in [0, 0.05) is 25.0 Å². The Kier molecular flexibility index (Phi) is 5.26. The molecule has 1 aromatic heterocycles. The van der Waals surface area contributed by atoms with Crippen molar-refractivity contribution >= 4 is 5.91 Å². The molecular formula is C18H24N2O2. The fraction of sp³-hybridized carbons (Fsp3) is 0.389. The fourth-order valence-corrected chi connectivity index (χ4v) is 2.55. The summed E-state index contributed by atoms with van der Waals surface area (Å²) in [4.78, 5) is 12.0. The molecule has 118 valence electrons. The number of hydrogen-bond donors (Lipinski definition) is 1. The summed E-state index contributed by atoms with van der Waals surface area (Å²) in [6.45, 7) is 4.87. The summed E-state index contributed by atoms with van der Waals surface area (Å²) in [5, 5.41) is 2.98. The predicted octanol–water partition coefficient (Wildman–Crippen LogP) is 2.55. The SMILES string of the molecule is COc1cccc(CC(=O)NCCc2cc(C)n(C)c2C)c1. The average molecular weight is 300 g/mol. The van der Waals surface area contributed by atoms with Crippen LogP contribution in [0.5, 0.6) is 5.75 Å². The van der Waals surface area contributed by atoms with Crippen LogP contribution in [-0.2, 0) is 24.7 Å². The second-order valence-electron chi connectivity index (χ2n) is 5.58. The zero-order valence-electron chi connectivity index (χ0n) is 13.8. The number of methoxy groups -OCH3 is 1. The first-order valence-corrected chi connectivity index (χ1v) is 7.52. The Balaban J connectivity index is 1.83. The maximum Gasteiger partial charge on any atom is 0.224 e. The van der Waals surface area contributed by atoms with E-state index in [-0.39, 0.29) is 5.91 Å². The summed E-state index contributed by atoms with van der Waals surface area (Å²) in [5.74, 6) is 0.819. The number of carbonyl (C=O) groups excluding carboxylic acids is 1. The Bertz CT molecular complexity index is 659. The highest BCUT2D eigenvalue weighted by atomic mass is 16.5. The Labute approximate surface area is 132 Å². The lowest BCUT2D eigenvalue weighted by Gasteiger charge is -2.07. The van der Waals surface area contributed by atoms with Gasteiger partial charge in [0.05, 0.1) is 13.5 Å². The molecule has 0 fully saturated rings. The molecule has 0 bridgehead atoms. The van der Waals surface area contributed by atoms with E-state index in [2.05, 4.69) is 36.8 Å². The minimum Gasteiger partial charge on any atom is -0.497 e. The molecule has 1 amide bonds. The molecule has 0 radical (unpaired) electrons. The van der Waals surface area contributed by atoms with Gasteiger partial charge in [-0.15, -0.1) is 0 Å². The van der Waals surface area contributed by atoms with E-state index in [1.54, 1.807) is 7.11 Å². The molecule has 1 heterocycles. The van der Waals surface area contributed by atoms with Crippen molar-refractivity contribution in [1.29, 1.82) is 0 Å². The number of nitrogens with zero attached hydrogens (tertiary/aromatic N) is 1. The molecule has 0 unspecified atom stereocenters. The highest BCUT2D eigenvalue weighted by Crippen LogP contribution is 2.14. The molecule has 22 heavy (non-hydrogen) atoms. The molecule has 0 saturated heterocycles. The lowest BCUT2D eigenvalue weighted by Crippen LogP contribution is -2.27. The lowest BCUT2D eigenvalue weighted by atomic mass is 10.1. The van der Waals surface area contributed by atoms with Crippen molar-refractivity contribution < 1.29 is 9.53 Å². The van der Waals surface area contributed by atoms with Crippen LogP contribution in [0.2, 0.25) is 0 Å². The standard InChI is InChI=1S/C18H24N2O2/c1-13-10-16(14(2)20(13)3)8-9-19-18(21)12-15-6-5-7-17(11-15)22-4/h5-7,10-11H,8-9,12H2,1-4H3,(H,19,21). The maximum atomic E-state index is 12.0. The summed E-state index contributed by atoms with van der Waals surface area (Å²) in [7, 11) is 3.69. The number of carbonyl (C=O) groups is 1. The Morgan fingerprint density at radius 2 is 2.05 bits per heavy atom. The average Bonchev–Trinajstić information content (AvgIpc) is 2.75. The van der Waals surface area contributed by atoms with Gasteiger partial charge in [-0.1, -0.05) is 12.1 Å². The molecule has 2 rings (SSSR count). The van der Waals surface area contributed by atoms with Gasteiger partial charge in [-0.3, -0.25) is 4.79 Å². The Hall–Kier alpha value is -2.23. The van der Waals surface area contributed by atoms with E-state index in [4.69, 9.17) is 4.74 Å². The number of rotatable bonds is 6. The van der Waals surface area contributed by atoms with E-state index < -0.39 is 0 Å². The number of aryl methyl sites for hydroxylation is 1. The second-order valence-corrected chi connectivity index (χ2v) is 5.58. The molecule has 0 saturated carbocycles. The van der Waals surface area contributed by atoms with Crippen LogP contribution >= 0.6 is 0 Å². The molecule has 0 atom stereocenters. The van der Waals surface area contributed by atoms with E-state index in [1.807, 2.05) is 24.3 Å². The van der Waals surface area contributed by atoms with Crippen molar-refractivity contribution in [3.05, 3.63) is 52.8 Å². The van der Waals surface area contributed by atoms with Crippen LogP contribution in [0.25, 0.3) is 0 Å². The highest BCUT2D eigenvalue weighted by Gasteiger charge is 2.07. The van der Waals surface area contributed by atoms with Crippen LogP contribution in [0.1, 0.15) is 22.5 Å². The van der Waals surface area contributed by atoms with Crippen molar-refractivity contribution in [1.82, 2.24) is 9.88 Å². The van der Waals surface area contributed by atoms with Crippen LogP contribution < -0.4 is 10.1 Å². The number of aromatic nitrogens is 1. The molecule has 4 nitrogen and oxygen atoms in total. The van der Waals surface area contributed by atoms with Crippen LogP contribution in [0, 0.1) is 13.8 Å². The number of benzene rings is 1. The first kappa shape index (κ1) is 16.1. The third-order valence-electron chi connectivity index (χ3n) is 4.10. The van der Waals surface area contributed by atoms with E-state index >= 15 is 0 Å². The third-order valence-corrected chi connectivity index (χ3v) is 4.10. The first-order chi connectivity index (χ1) is 10.5. The zero-order valence-corrected chi connectivity index (χ0v) is 13.8. The third kappa shape index (κ3) is 3.91. The fourth-order valence-electron chi connectivity index (χ4n) is 2.55. The summed E-state index contributed by atoms with van der Waals surface area (Å²) in [6.07, 6.45) is 1.24. The van der Waals surface area contributed by atoms with E-state index in [0.717, 1.165) is 17.7 Å². The van der Waals surface area contributed by atoms with E-state index in [0.29, 0.717) is 13.0 Å². The van der Waals surface area contributed by atoms with Crippen molar-refractivity contribution in [2.24, 2.45) is 7.05 Å². The number of hydrogen-bond acceptors (Lipinski definition) is 2. The van der Waals surface area contributed by atoms with Crippen molar-refractivity contribution in [2.45, 2.75) is 26.7 Å². The number of ether oxygens (including phenoxy) is 1. The Morgan fingerprint density at radius 3 is 2.68 bits per heavy atom. The Morgan fingerprint density at radius 1 is 1.27 bits per heavy atom. The summed E-state index contributed by atoms with van der Waals surface area (Å²) in [6, 6.07) is 9.79. The normalized spacial score (nSPS) is 10.5. The van der Waals surface area contributed by atoms with Gasteiger partial charge in [-0.05, 0) is 49.6 Å². The number of nitrogens with one attached hydrogen (secondary N) is 1. The van der Waals surface area contributed by atoms with E-state index in [9.17, 15) is 4.79 Å². The van der Waals surface area contributed by atoms with Gasteiger partial charge in [0.1, 0.15) is 5.75 Å². The van der Waals surface area contributed by atoms with Gasteiger partial charge in [-0.2, -0.15) is 0 Å². The zero-order chi connectivity index (χ0) is 16.1. The highest BCUT2D eigenvalue weighted by molar-refractivity contribution is 5.78. The minimum atomic E-state index is 0.0403. The summed E-state index contributed by atoms with van der Waals surface area (Å²) in [5.41, 5.74) is 4.76. The molecular weight excluding hydrogens is 276 g/mol. The molecule has 4 heteroatoms.